The Morgan fingerprint density at radius 2 is 1.00 bits per heavy atom. The van der Waals surface area contributed by atoms with Gasteiger partial charge >= 0.3 is 0 Å². The van der Waals surface area contributed by atoms with Crippen molar-refractivity contribution in [3.63, 3.8) is 0 Å². The Morgan fingerprint density at radius 3 is 1.76 bits per heavy atom. The zero-order valence-corrected chi connectivity index (χ0v) is 27.9. The van der Waals surface area contributed by atoms with Crippen LogP contribution in [-0.2, 0) is 0 Å². The summed E-state index contributed by atoms with van der Waals surface area (Å²) in [7, 11) is 0. The molecule has 0 unspecified atom stereocenters. The first-order chi connectivity index (χ1) is 25.2. The Balaban J connectivity index is 1.18. The second-order valence-electron chi connectivity index (χ2n) is 12.6. The fourth-order valence-corrected chi connectivity index (χ4v) is 6.65. The van der Waals surface area contributed by atoms with Crippen LogP contribution in [0, 0.1) is 6.92 Å². The van der Waals surface area contributed by atoms with Crippen molar-refractivity contribution in [2.45, 2.75) is 6.92 Å². The van der Waals surface area contributed by atoms with Crippen LogP contribution in [-0.4, -0.2) is 24.9 Å². The minimum absolute atomic E-state index is 0.664. The van der Waals surface area contributed by atoms with Crippen molar-refractivity contribution in [3.05, 3.63) is 176 Å². The third-order valence-corrected chi connectivity index (χ3v) is 9.20. The van der Waals surface area contributed by atoms with Gasteiger partial charge in [0, 0.05) is 39.4 Å². The maximum Gasteiger partial charge on any atom is 0.160 e. The highest BCUT2D eigenvalue weighted by atomic mass is 14.9. The van der Waals surface area contributed by atoms with Gasteiger partial charge in [-0.3, -0.25) is 9.97 Å². The van der Waals surface area contributed by atoms with E-state index in [1.54, 1.807) is 6.20 Å². The fourth-order valence-electron chi connectivity index (χ4n) is 6.65. The molecule has 4 heterocycles. The van der Waals surface area contributed by atoms with E-state index >= 15 is 0 Å². The van der Waals surface area contributed by atoms with Crippen molar-refractivity contribution in [2.75, 3.05) is 0 Å². The highest BCUT2D eigenvalue weighted by Crippen LogP contribution is 2.37. The molecule has 0 amide bonds. The molecule has 0 saturated heterocycles. The van der Waals surface area contributed by atoms with Crippen LogP contribution >= 0.6 is 0 Å². The lowest BCUT2D eigenvalue weighted by atomic mass is 9.94. The van der Waals surface area contributed by atoms with Gasteiger partial charge in [-0.25, -0.2) is 15.0 Å². The van der Waals surface area contributed by atoms with Gasteiger partial charge in [-0.15, -0.1) is 0 Å². The van der Waals surface area contributed by atoms with Gasteiger partial charge in [-0.2, -0.15) is 0 Å². The van der Waals surface area contributed by atoms with Crippen LogP contribution in [0.25, 0.3) is 89.4 Å². The standard InChI is InChI=1S/C46H31N5/c1-30-21-22-32-23-24-38-39(28-41(31-12-4-2-5-13-31)49-45(38)44(32)48-30)36-18-10-16-34(26-36)35-17-11-19-37(27-35)42-29-43(40-20-8-9-25-47-40)51-46(50-42)33-14-6-3-7-15-33/h2-29H,1H3. The second-order valence-corrected chi connectivity index (χ2v) is 12.6. The lowest BCUT2D eigenvalue weighted by Gasteiger charge is -2.14. The molecule has 5 nitrogen and oxygen atoms in total. The molecule has 0 atom stereocenters. The van der Waals surface area contributed by atoms with E-state index in [1.807, 2.05) is 67.6 Å². The van der Waals surface area contributed by atoms with Crippen LogP contribution in [0.1, 0.15) is 5.69 Å². The Morgan fingerprint density at radius 1 is 0.373 bits per heavy atom. The summed E-state index contributed by atoms with van der Waals surface area (Å²) in [5.41, 5.74) is 13.6. The van der Waals surface area contributed by atoms with E-state index in [0.29, 0.717) is 5.82 Å². The molecule has 0 aliphatic rings. The van der Waals surface area contributed by atoms with Gasteiger partial charge < -0.3 is 0 Å². The summed E-state index contributed by atoms with van der Waals surface area (Å²) in [5.74, 6) is 0.664. The minimum atomic E-state index is 0.664. The van der Waals surface area contributed by atoms with Crippen molar-refractivity contribution in [2.24, 2.45) is 0 Å². The first kappa shape index (κ1) is 30.2. The topological polar surface area (TPSA) is 64.5 Å². The van der Waals surface area contributed by atoms with Crippen LogP contribution in [0.3, 0.4) is 0 Å². The molecule has 0 aliphatic carbocycles. The molecule has 5 aromatic carbocycles. The van der Waals surface area contributed by atoms with Crippen LogP contribution in [0.15, 0.2) is 170 Å². The van der Waals surface area contributed by atoms with Gasteiger partial charge in [0.15, 0.2) is 5.82 Å². The van der Waals surface area contributed by atoms with Gasteiger partial charge in [-0.1, -0.05) is 121 Å². The molecule has 0 N–H and O–H groups in total. The molecule has 0 bridgehead atoms. The molecule has 0 radical (unpaired) electrons. The molecular formula is C46H31N5. The predicted octanol–water partition coefficient (Wildman–Crippen LogP) is 11.3. The Labute approximate surface area is 296 Å². The molecule has 51 heavy (non-hydrogen) atoms. The Kier molecular flexibility index (Phi) is 7.63. The number of rotatable bonds is 6. The van der Waals surface area contributed by atoms with Crippen LogP contribution in [0.4, 0.5) is 0 Å². The summed E-state index contributed by atoms with van der Waals surface area (Å²) >= 11 is 0. The van der Waals surface area contributed by atoms with Crippen molar-refractivity contribution < 1.29 is 0 Å². The van der Waals surface area contributed by atoms with Crippen molar-refractivity contribution >= 4 is 21.8 Å². The molecule has 240 valence electrons. The van der Waals surface area contributed by atoms with Gasteiger partial charge in [0.1, 0.15) is 0 Å². The molecule has 0 saturated carbocycles. The Bertz CT molecular complexity index is 2630. The first-order valence-electron chi connectivity index (χ1n) is 17.0. The SMILES string of the molecule is Cc1ccc2ccc3c(-c4cccc(-c5cccc(-c6cc(-c7ccccn7)nc(-c7ccccc7)n6)c5)c4)cc(-c4ccccc4)nc3c2n1. The van der Waals surface area contributed by atoms with E-state index in [4.69, 9.17) is 19.9 Å². The number of benzene rings is 5. The van der Waals surface area contributed by atoms with Gasteiger partial charge in [0.2, 0.25) is 0 Å². The zero-order chi connectivity index (χ0) is 34.1. The number of hydrogen-bond acceptors (Lipinski definition) is 5. The number of fused-ring (bicyclic) bond motifs is 3. The van der Waals surface area contributed by atoms with E-state index in [1.165, 1.54) is 0 Å². The Hall–Kier alpha value is -6.85. The fraction of sp³-hybridized carbons (Fsp3) is 0.0217. The molecule has 0 fully saturated rings. The maximum absolute atomic E-state index is 5.21. The van der Waals surface area contributed by atoms with Gasteiger partial charge in [0.25, 0.3) is 0 Å². The molecule has 0 aliphatic heterocycles. The summed E-state index contributed by atoms with van der Waals surface area (Å²) in [6.45, 7) is 2.03. The molecule has 0 spiro atoms. The van der Waals surface area contributed by atoms with Crippen molar-refractivity contribution in [1.29, 1.82) is 0 Å². The third kappa shape index (κ3) is 5.91. The van der Waals surface area contributed by atoms with E-state index in [-0.39, 0.29) is 0 Å². The number of hydrogen-bond donors (Lipinski definition) is 0. The molecule has 9 rings (SSSR count). The summed E-state index contributed by atoms with van der Waals surface area (Å²) in [6.07, 6.45) is 1.79. The lowest BCUT2D eigenvalue weighted by molar-refractivity contribution is 1.16. The summed E-state index contributed by atoms with van der Waals surface area (Å²) < 4.78 is 0. The number of nitrogens with zero attached hydrogens (tertiary/aromatic N) is 5. The number of aryl methyl sites for hydroxylation is 1. The average Bonchev–Trinajstić information content (AvgIpc) is 3.21. The van der Waals surface area contributed by atoms with Crippen molar-refractivity contribution in [3.8, 4) is 67.5 Å². The van der Waals surface area contributed by atoms with Gasteiger partial charge in [0.05, 0.1) is 33.8 Å². The molecule has 5 heteroatoms. The summed E-state index contributed by atoms with van der Waals surface area (Å²) in [4.78, 5) is 24.7. The van der Waals surface area contributed by atoms with E-state index in [2.05, 4.69) is 108 Å². The predicted molar refractivity (Wildman–Crippen MR) is 208 cm³/mol. The highest BCUT2D eigenvalue weighted by molar-refractivity contribution is 6.09. The monoisotopic (exact) mass is 653 g/mol. The molecule has 4 aromatic heterocycles. The van der Waals surface area contributed by atoms with Crippen LogP contribution in [0.5, 0.6) is 0 Å². The zero-order valence-electron chi connectivity index (χ0n) is 27.9. The highest BCUT2D eigenvalue weighted by Gasteiger charge is 2.15. The van der Waals surface area contributed by atoms with Crippen LogP contribution < -0.4 is 0 Å². The van der Waals surface area contributed by atoms with Crippen LogP contribution in [0.2, 0.25) is 0 Å². The number of aromatic nitrogens is 5. The largest absolute Gasteiger partial charge is 0.255 e. The quantitative estimate of drug-likeness (QED) is 0.167. The third-order valence-electron chi connectivity index (χ3n) is 9.20. The van der Waals surface area contributed by atoms with E-state index < -0.39 is 0 Å². The van der Waals surface area contributed by atoms with E-state index in [9.17, 15) is 0 Å². The summed E-state index contributed by atoms with van der Waals surface area (Å²) in [6, 6.07) is 56.4. The second kappa shape index (κ2) is 12.9. The van der Waals surface area contributed by atoms with E-state index in [0.717, 1.165) is 89.2 Å². The number of pyridine rings is 3. The summed E-state index contributed by atoms with van der Waals surface area (Å²) in [5, 5.41) is 2.15. The minimum Gasteiger partial charge on any atom is -0.255 e. The lowest BCUT2D eigenvalue weighted by Crippen LogP contribution is -1.97. The first-order valence-corrected chi connectivity index (χ1v) is 17.0. The molecule has 9 aromatic rings. The van der Waals surface area contributed by atoms with Crippen molar-refractivity contribution in [1.82, 2.24) is 24.9 Å². The smallest absolute Gasteiger partial charge is 0.160 e. The van der Waals surface area contributed by atoms with Gasteiger partial charge in [-0.05, 0) is 71.6 Å². The maximum atomic E-state index is 5.21. The average molecular weight is 654 g/mol. The molecular weight excluding hydrogens is 623 g/mol. The normalized spacial score (nSPS) is 11.2.